The van der Waals surface area contributed by atoms with Gasteiger partial charge in [-0.15, -0.1) is 0 Å². The number of fused-ring (bicyclic) bond motifs is 3. The summed E-state index contributed by atoms with van der Waals surface area (Å²) in [5, 5.41) is 0. The lowest BCUT2D eigenvalue weighted by Crippen LogP contribution is -2.23. The van der Waals surface area contributed by atoms with E-state index in [0.29, 0.717) is 0 Å². The van der Waals surface area contributed by atoms with Gasteiger partial charge in [-0.25, -0.2) is 4.98 Å². The van der Waals surface area contributed by atoms with E-state index >= 15 is 0 Å². The number of rotatable bonds is 3. The Kier molecular flexibility index (Phi) is 4.74. The first-order valence-electron chi connectivity index (χ1n) is 12.0. The molecular formula is C32H22N4. The Morgan fingerprint density at radius 1 is 0.417 bits per heavy atom. The number of pyridine rings is 2. The van der Waals surface area contributed by atoms with Crippen LogP contribution in [0.5, 0.6) is 0 Å². The Morgan fingerprint density at radius 2 is 0.972 bits per heavy atom. The van der Waals surface area contributed by atoms with Crippen LogP contribution in [0.15, 0.2) is 134 Å². The predicted octanol–water partition coefficient (Wildman–Crippen LogP) is 8.55. The lowest BCUT2D eigenvalue weighted by molar-refractivity contribution is 1.17. The van der Waals surface area contributed by atoms with E-state index in [4.69, 9.17) is 4.98 Å². The maximum Gasteiger partial charge on any atom is 0.0894 e. The summed E-state index contributed by atoms with van der Waals surface area (Å²) in [6.07, 6.45) is 1.80. The van der Waals surface area contributed by atoms with Crippen LogP contribution < -0.4 is 9.80 Å². The number of hydrogen-bond acceptors (Lipinski definition) is 4. The fourth-order valence-corrected chi connectivity index (χ4v) is 4.98. The van der Waals surface area contributed by atoms with Crippen molar-refractivity contribution >= 4 is 45.2 Å². The number of hydrogen-bond donors (Lipinski definition) is 0. The molecule has 4 aromatic carbocycles. The molecule has 3 heterocycles. The van der Waals surface area contributed by atoms with Crippen LogP contribution in [-0.4, -0.2) is 9.97 Å². The lowest BCUT2D eigenvalue weighted by atomic mass is 10.0. The smallest absolute Gasteiger partial charge is 0.0894 e. The summed E-state index contributed by atoms with van der Waals surface area (Å²) in [5.41, 5.74) is 10.7. The van der Waals surface area contributed by atoms with Gasteiger partial charge in [-0.05, 0) is 72.8 Å². The van der Waals surface area contributed by atoms with Crippen molar-refractivity contribution in [2.75, 3.05) is 9.80 Å². The van der Waals surface area contributed by atoms with Crippen molar-refractivity contribution in [1.29, 1.82) is 0 Å². The predicted molar refractivity (Wildman–Crippen MR) is 148 cm³/mol. The maximum absolute atomic E-state index is 4.82. The van der Waals surface area contributed by atoms with Gasteiger partial charge in [0.15, 0.2) is 0 Å². The van der Waals surface area contributed by atoms with Crippen molar-refractivity contribution in [3.8, 4) is 11.3 Å². The van der Waals surface area contributed by atoms with E-state index in [2.05, 4.69) is 118 Å². The highest BCUT2D eigenvalue weighted by atomic mass is 15.3. The zero-order valence-corrected chi connectivity index (χ0v) is 19.5. The third-order valence-corrected chi connectivity index (χ3v) is 6.62. The molecule has 0 spiro atoms. The molecule has 1 aliphatic heterocycles. The topological polar surface area (TPSA) is 32.3 Å². The SMILES string of the molecule is c1ccc(N2c3ccccc3N(c3ccc(-c4ccc5ncccc5n4)cc3)c3ccccc32)cc1. The molecule has 170 valence electrons. The van der Waals surface area contributed by atoms with E-state index in [9.17, 15) is 0 Å². The molecular weight excluding hydrogens is 440 g/mol. The van der Waals surface area contributed by atoms with Gasteiger partial charge in [0.1, 0.15) is 0 Å². The molecule has 0 N–H and O–H groups in total. The summed E-state index contributed by atoms with van der Waals surface area (Å²) in [6, 6.07) is 44.3. The number of anilines is 6. The summed E-state index contributed by atoms with van der Waals surface area (Å²) in [4.78, 5) is 13.9. The Labute approximate surface area is 209 Å². The molecule has 0 saturated carbocycles. The molecule has 0 fully saturated rings. The molecule has 4 nitrogen and oxygen atoms in total. The largest absolute Gasteiger partial charge is 0.306 e. The van der Waals surface area contributed by atoms with Crippen LogP contribution in [0, 0.1) is 0 Å². The summed E-state index contributed by atoms with van der Waals surface area (Å²) in [7, 11) is 0. The van der Waals surface area contributed by atoms with Gasteiger partial charge in [0.05, 0.1) is 39.5 Å². The second kappa shape index (κ2) is 8.36. The minimum atomic E-state index is 0.902. The van der Waals surface area contributed by atoms with Crippen LogP contribution in [0.3, 0.4) is 0 Å². The van der Waals surface area contributed by atoms with Crippen molar-refractivity contribution in [3.63, 3.8) is 0 Å². The van der Waals surface area contributed by atoms with Gasteiger partial charge in [0.25, 0.3) is 0 Å². The normalized spacial score (nSPS) is 12.3. The van der Waals surface area contributed by atoms with Crippen LogP contribution in [0.4, 0.5) is 34.1 Å². The van der Waals surface area contributed by atoms with Gasteiger partial charge in [-0.1, -0.05) is 54.6 Å². The number of benzene rings is 4. The Balaban J connectivity index is 1.34. The highest BCUT2D eigenvalue weighted by molar-refractivity contribution is 6.01. The van der Waals surface area contributed by atoms with Gasteiger partial charge >= 0.3 is 0 Å². The quantitative estimate of drug-likeness (QED) is 0.263. The Morgan fingerprint density at radius 3 is 1.58 bits per heavy atom. The molecule has 0 unspecified atom stereocenters. The van der Waals surface area contributed by atoms with Crippen LogP contribution in [0.1, 0.15) is 0 Å². The molecule has 0 amide bonds. The molecule has 2 aromatic heterocycles. The number of aromatic nitrogens is 2. The molecule has 4 heteroatoms. The summed E-state index contributed by atoms with van der Waals surface area (Å²) in [5.74, 6) is 0. The van der Waals surface area contributed by atoms with E-state index in [0.717, 1.165) is 56.4 Å². The van der Waals surface area contributed by atoms with Crippen LogP contribution in [0.2, 0.25) is 0 Å². The number of para-hydroxylation sites is 5. The zero-order chi connectivity index (χ0) is 23.9. The minimum Gasteiger partial charge on any atom is -0.306 e. The second-order valence-corrected chi connectivity index (χ2v) is 8.77. The molecule has 36 heavy (non-hydrogen) atoms. The van der Waals surface area contributed by atoms with Crippen LogP contribution >= 0.6 is 0 Å². The minimum absolute atomic E-state index is 0.902. The van der Waals surface area contributed by atoms with Gasteiger partial charge in [-0.2, -0.15) is 0 Å². The standard InChI is InChI=1S/C32H22N4/c1-2-9-24(10-3-1)35-29-12-4-6-14-31(29)36(32-15-7-5-13-30(32)35)25-18-16-23(17-19-25)26-20-21-27-28(34-26)11-8-22-33-27/h1-22H. The van der Waals surface area contributed by atoms with Gasteiger partial charge in [0, 0.05) is 23.1 Å². The van der Waals surface area contributed by atoms with Gasteiger partial charge < -0.3 is 9.80 Å². The van der Waals surface area contributed by atoms with Crippen molar-refractivity contribution in [2.24, 2.45) is 0 Å². The monoisotopic (exact) mass is 462 g/mol. The maximum atomic E-state index is 4.82. The van der Waals surface area contributed by atoms with Crippen molar-refractivity contribution < 1.29 is 0 Å². The van der Waals surface area contributed by atoms with Crippen molar-refractivity contribution in [1.82, 2.24) is 9.97 Å². The molecule has 0 atom stereocenters. The van der Waals surface area contributed by atoms with Crippen molar-refractivity contribution in [3.05, 3.63) is 134 Å². The summed E-state index contributed by atoms with van der Waals surface area (Å²) in [6.45, 7) is 0. The van der Waals surface area contributed by atoms with Crippen molar-refractivity contribution in [2.45, 2.75) is 0 Å². The first-order valence-corrected chi connectivity index (χ1v) is 12.0. The van der Waals surface area contributed by atoms with Crippen LogP contribution in [-0.2, 0) is 0 Å². The molecule has 0 radical (unpaired) electrons. The average molecular weight is 463 g/mol. The Hall–Kier alpha value is -4.96. The molecule has 0 aliphatic carbocycles. The fourth-order valence-electron chi connectivity index (χ4n) is 4.98. The second-order valence-electron chi connectivity index (χ2n) is 8.77. The fraction of sp³-hybridized carbons (Fsp3) is 0. The molecule has 6 aromatic rings. The third-order valence-electron chi connectivity index (χ3n) is 6.62. The molecule has 0 saturated heterocycles. The van der Waals surface area contributed by atoms with E-state index in [1.165, 1.54) is 0 Å². The highest BCUT2D eigenvalue weighted by Crippen LogP contribution is 2.53. The average Bonchev–Trinajstić information content (AvgIpc) is 2.96. The van der Waals surface area contributed by atoms with Gasteiger partial charge in [-0.3, -0.25) is 4.98 Å². The first-order chi connectivity index (χ1) is 17.9. The Bertz CT molecular complexity index is 1650. The van der Waals surface area contributed by atoms with E-state index in [1.807, 2.05) is 24.3 Å². The highest BCUT2D eigenvalue weighted by Gasteiger charge is 2.29. The third kappa shape index (κ3) is 3.31. The summed E-state index contributed by atoms with van der Waals surface area (Å²) >= 11 is 0. The number of nitrogens with zero attached hydrogens (tertiary/aromatic N) is 4. The van der Waals surface area contributed by atoms with E-state index in [1.54, 1.807) is 6.20 Å². The first kappa shape index (κ1) is 20.4. The zero-order valence-electron chi connectivity index (χ0n) is 19.5. The van der Waals surface area contributed by atoms with Crippen LogP contribution in [0.25, 0.3) is 22.3 Å². The lowest BCUT2D eigenvalue weighted by Gasteiger charge is -2.40. The molecule has 7 rings (SSSR count). The van der Waals surface area contributed by atoms with Gasteiger partial charge in [0.2, 0.25) is 0 Å². The summed E-state index contributed by atoms with van der Waals surface area (Å²) < 4.78 is 0. The van der Waals surface area contributed by atoms with E-state index in [-0.39, 0.29) is 0 Å². The van der Waals surface area contributed by atoms with E-state index < -0.39 is 0 Å². The molecule has 1 aliphatic rings. The molecule has 0 bridgehead atoms.